The van der Waals surface area contributed by atoms with E-state index in [1.54, 1.807) is 43.3 Å². The van der Waals surface area contributed by atoms with Gasteiger partial charge < -0.3 is 4.74 Å². The molecule has 1 aliphatic heterocycles. The molecule has 0 saturated carbocycles. The number of para-hydroxylation sites is 1. The fourth-order valence-electron chi connectivity index (χ4n) is 2.29. The van der Waals surface area contributed by atoms with E-state index in [4.69, 9.17) is 4.74 Å². The molecule has 3 rings (SSSR count). The molecular weight excluding hydrogens is 408 g/mol. The molecule has 8 heteroatoms. The number of halogens is 1. The first-order valence-electron chi connectivity index (χ1n) is 7.38. The minimum absolute atomic E-state index is 0.00281. The SMILES string of the molecule is CCOC(=O)C1=Nc2ccccc2/C1=N\S(=O)(=O)c1ccc(Br)cc1. The van der Waals surface area contributed by atoms with Crippen molar-refractivity contribution in [2.24, 2.45) is 9.39 Å². The fourth-order valence-corrected chi connectivity index (χ4v) is 3.56. The van der Waals surface area contributed by atoms with Crippen LogP contribution in [0.5, 0.6) is 0 Å². The van der Waals surface area contributed by atoms with Crippen LogP contribution in [0.15, 0.2) is 67.3 Å². The molecule has 2 aromatic rings. The second kappa shape index (κ2) is 6.89. The molecule has 25 heavy (non-hydrogen) atoms. The van der Waals surface area contributed by atoms with E-state index < -0.39 is 16.0 Å². The number of carbonyl (C=O) groups excluding carboxylic acids is 1. The Morgan fingerprint density at radius 1 is 1.16 bits per heavy atom. The van der Waals surface area contributed by atoms with Gasteiger partial charge in [-0.05, 0) is 37.3 Å². The quantitative estimate of drug-likeness (QED) is 0.710. The lowest BCUT2D eigenvalue weighted by Crippen LogP contribution is -2.25. The standard InChI is InChI=1S/C17H13BrN2O4S/c1-2-24-17(21)16-15(13-5-3-4-6-14(13)19-16)20-25(22,23)12-9-7-11(18)8-10-12/h3-10H,2H2,1H3/b20-15+. The average Bonchev–Trinajstić information content (AvgIpc) is 2.94. The van der Waals surface area contributed by atoms with Gasteiger partial charge in [-0.3, -0.25) is 0 Å². The monoisotopic (exact) mass is 420 g/mol. The maximum atomic E-state index is 12.6. The van der Waals surface area contributed by atoms with Gasteiger partial charge in [0.15, 0.2) is 5.71 Å². The Balaban J connectivity index is 2.11. The van der Waals surface area contributed by atoms with E-state index in [0.717, 1.165) is 4.47 Å². The van der Waals surface area contributed by atoms with Crippen LogP contribution < -0.4 is 0 Å². The van der Waals surface area contributed by atoms with Crippen LogP contribution in [-0.2, 0) is 19.6 Å². The molecule has 0 atom stereocenters. The summed E-state index contributed by atoms with van der Waals surface area (Å²) in [6.07, 6.45) is 0. The zero-order valence-electron chi connectivity index (χ0n) is 13.1. The van der Waals surface area contributed by atoms with Crippen molar-refractivity contribution < 1.29 is 17.9 Å². The van der Waals surface area contributed by atoms with Gasteiger partial charge in [0.1, 0.15) is 5.71 Å². The van der Waals surface area contributed by atoms with Crippen LogP contribution in [0.2, 0.25) is 0 Å². The summed E-state index contributed by atoms with van der Waals surface area (Å²) in [5.74, 6) is -0.705. The van der Waals surface area contributed by atoms with Crippen molar-refractivity contribution in [2.75, 3.05) is 6.61 Å². The van der Waals surface area contributed by atoms with Crippen molar-refractivity contribution in [1.29, 1.82) is 0 Å². The number of fused-ring (bicyclic) bond motifs is 1. The number of benzene rings is 2. The third kappa shape index (κ3) is 3.54. The number of hydrogen-bond donors (Lipinski definition) is 0. The predicted octanol–water partition coefficient (Wildman–Crippen LogP) is 3.28. The first kappa shape index (κ1) is 17.5. The maximum absolute atomic E-state index is 12.6. The predicted molar refractivity (Wildman–Crippen MR) is 98.0 cm³/mol. The van der Waals surface area contributed by atoms with Gasteiger partial charge in [-0.2, -0.15) is 12.8 Å². The van der Waals surface area contributed by atoms with E-state index in [-0.39, 0.29) is 22.9 Å². The Morgan fingerprint density at radius 2 is 1.84 bits per heavy atom. The summed E-state index contributed by atoms with van der Waals surface area (Å²) >= 11 is 3.26. The number of sulfonamides is 1. The van der Waals surface area contributed by atoms with Crippen LogP contribution in [0.25, 0.3) is 0 Å². The lowest BCUT2D eigenvalue weighted by atomic mass is 10.1. The van der Waals surface area contributed by atoms with Crippen molar-refractivity contribution in [2.45, 2.75) is 11.8 Å². The minimum Gasteiger partial charge on any atom is -0.461 e. The molecule has 1 aliphatic rings. The summed E-state index contributed by atoms with van der Waals surface area (Å²) in [5, 5.41) is 0. The van der Waals surface area contributed by atoms with Gasteiger partial charge in [-0.25, -0.2) is 9.79 Å². The number of esters is 1. The molecule has 0 bridgehead atoms. The second-order valence-corrected chi connectivity index (χ2v) is 7.59. The number of rotatable bonds is 4. The smallest absolute Gasteiger partial charge is 0.359 e. The Kier molecular flexibility index (Phi) is 4.82. The summed E-state index contributed by atoms with van der Waals surface area (Å²) in [5.41, 5.74) is 0.849. The van der Waals surface area contributed by atoms with Gasteiger partial charge in [0, 0.05) is 10.0 Å². The zero-order valence-corrected chi connectivity index (χ0v) is 15.5. The van der Waals surface area contributed by atoms with Gasteiger partial charge in [-0.1, -0.05) is 34.1 Å². The molecule has 0 saturated heterocycles. The molecule has 0 N–H and O–H groups in total. The highest BCUT2D eigenvalue weighted by Crippen LogP contribution is 2.28. The molecule has 2 aromatic carbocycles. The molecule has 128 valence electrons. The van der Waals surface area contributed by atoms with Crippen LogP contribution in [0, 0.1) is 0 Å². The molecule has 6 nitrogen and oxygen atoms in total. The van der Waals surface area contributed by atoms with E-state index >= 15 is 0 Å². The third-order valence-corrected chi connectivity index (χ3v) is 5.23. The topological polar surface area (TPSA) is 85.2 Å². The highest BCUT2D eigenvalue weighted by molar-refractivity contribution is 9.10. The Labute approximate surface area is 153 Å². The van der Waals surface area contributed by atoms with E-state index in [0.29, 0.717) is 11.3 Å². The third-order valence-electron chi connectivity index (χ3n) is 3.41. The Hall–Kier alpha value is -2.32. The van der Waals surface area contributed by atoms with Crippen molar-refractivity contribution in [3.63, 3.8) is 0 Å². The van der Waals surface area contributed by atoms with E-state index in [9.17, 15) is 13.2 Å². The van der Waals surface area contributed by atoms with Gasteiger partial charge in [0.25, 0.3) is 10.0 Å². The highest BCUT2D eigenvalue weighted by Gasteiger charge is 2.31. The molecule has 0 aromatic heterocycles. The first-order chi connectivity index (χ1) is 11.9. The minimum atomic E-state index is -4.01. The molecule has 0 spiro atoms. The summed E-state index contributed by atoms with van der Waals surface area (Å²) in [4.78, 5) is 16.4. The average molecular weight is 421 g/mol. The lowest BCUT2D eigenvalue weighted by Gasteiger charge is -2.05. The van der Waals surface area contributed by atoms with Crippen LogP contribution in [-0.4, -0.2) is 32.4 Å². The second-order valence-electron chi connectivity index (χ2n) is 5.07. The number of hydrogen-bond acceptors (Lipinski definition) is 5. The highest BCUT2D eigenvalue weighted by atomic mass is 79.9. The molecule has 0 radical (unpaired) electrons. The molecule has 0 fully saturated rings. The number of carbonyl (C=O) groups is 1. The van der Waals surface area contributed by atoms with Crippen molar-refractivity contribution in [1.82, 2.24) is 0 Å². The van der Waals surface area contributed by atoms with E-state index in [2.05, 4.69) is 25.3 Å². The van der Waals surface area contributed by atoms with Crippen molar-refractivity contribution in [3.05, 3.63) is 58.6 Å². The van der Waals surface area contributed by atoms with Gasteiger partial charge >= 0.3 is 5.97 Å². The molecule has 0 aliphatic carbocycles. The number of ether oxygens (including phenoxy) is 1. The number of nitrogens with zero attached hydrogens (tertiary/aromatic N) is 2. The summed E-state index contributed by atoms with van der Waals surface area (Å²) in [7, 11) is -4.01. The molecule has 0 amide bonds. The maximum Gasteiger partial charge on any atom is 0.359 e. The molecule has 0 unspecified atom stereocenters. The van der Waals surface area contributed by atoms with E-state index in [1.165, 1.54) is 12.1 Å². The van der Waals surface area contributed by atoms with Gasteiger partial charge in [0.05, 0.1) is 17.2 Å². The summed E-state index contributed by atoms with van der Waals surface area (Å²) in [6, 6.07) is 12.9. The summed E-state index contributed by atoms with van der Waals surface area (Å²) in [6.45, 7) is 1.82. The van der Waals surface area contributed by atoms with Crippen LogP contribution in [0.1, 0.15) is 12.5 Å². The lowest BCUT2D eigenvalue weighted by molar-refractivity contribution is -0.134. The van der Waals surface area contributed by atoms with Gasteiger partial charge in [-0.15, -0.1) is 0 Å². The van der Waals surface area contributed by atoms with Gasteiger partial charge in [0.2, 0.25) is 0 Å². The van der Waals surface area contributed by atoms with Crippen molar-refractivity contribution in [3.8, 4) is 0 Å². The Morgan fingerprint density at radius 3 is 2.52 bits per heavy atom. The normalized spacial score (nSPS) is 15.0. The molecule has 1 heterocycles. The van der Waals surface area contributed by atoms with E-state index in [1.807, 2.05) is 0 Å². The number of aliphatic imine (C=N–C) groups is 1. The van der Waals surface area contributed by atoms with Crippen LogP contribution in [0.3, 0.4) is 0 Å². The zero-order chi connectivity index (χ0) is 18.0. The fraction of sp³-hybridized carbons (Fsp3) is 0.118. The largest absolute Gasteiger partial charge is 0.461 e. The summed E-state index contributed by atoms with van der Waals surface area (Å²) < 4.78 is 34.8. The first-order valence-corrected chi connectivity index (χ1v) is 9.62. The molecular formula is C17H13BrN2O4S. The van der Waals surface area contributed by atoms with Crippen LogP contribution in [0.4, 0.5) is 5.69 Å². The Bertz CT molecular complexity index is 996. The van der Waals surface area contributed by atoms with Crippen LogP contribution >= 0.6 is 15.9 Å². The van der Waals surface area contributed by atoms with Crippen molar-refractivity contribution >= 4 is 49.0 Å².